The zero-order chi connectivity index (χ0) is 24.0. The molecule has 1 aromatic carbocycles. The summed E-state index contributed by atoms with van der Waals surface area (Å²) in [6.45, 7) is 6.21. The predicted octanol–water partition coefficient (Wildman–Crippen LogP) is 2.78. The van der Waals surface area contributed by atoms with E-state index in [4.69, 9.17) is 0 Å². The maximum Gasteiger partial charge on any atom is 0.244 e. The molecule has 3 N–H and O–H groups in total. The largest absolute Gasteiger partial charge is 0.396 e. The number of alkyl halides is 1. The van der Waals surface area contributed by atoms with Crippen LogP contribution in [0, 0.1) is 11.8 Å². The SMILES string of the molecule is CC(C)(C)NC(=O)C1N(CCCCO)C(=O)[C@@H]2[C@H](C(=O)Nc3ccccc3)[C@H]3SC12CC3Br. The molecular formula is C24H32BrN3O4S. The van der Waals surface area contributed by atoms with Gasteiger partial charge in [0, 0.05) is 34.5 Å². The monoisotopic (exact) mass is 537 g/mol. The second-order valence-corrected chi connectivity index (χ2v) is 12.9. The van der Waals surface area contributed by atoms with Gasteiger partial charge in [0.25, 0.3) is 0 Å². The molecule has 33 heavy (non-hydrogen) atoms. The Morgan fingerprint density at radius 2 is 1.91 bits per heavy atom. The van der Waals surface area contributed by atoms with Crippen LogP contribution in [-0.2, 0) is 14.4 Å². The van der Waals surface area contributed by atoms with E-state index in [0.717, 1.165) is 0 Å². The summed E-state index contributed by atoms with van der Waals surface area (Å²) in [6, 6.07) is 8.62. The van der Waals surface area contributed by atoms with Gasteiger partial charge in [0.2, 0.25) is 17.7 Å². The summed E-state index contributed by atoms with van der Waals surface area (Å²) in [5.41, 5.74) is 0.257. The second-order valence-electron chi connectivity index (χ2n) is 10.2. The minimum Gasteiger partial charge on any atom is -0.396 e. The highest BCUT2D eigenvalue weighted by Crippen LogP contribution is 2.67. The number of fused-ring (bicyclic) bond motifs is 1. The zero-order valence-corrected chi connectivity index (χ0v) is 21.6. The molecule has 9 heteroatoms. The number of likely N-dealkylation sites (tertiary alicyclic amines) is 1. The molecule has 3 unspecified atom stereocenters. The molecule has 0 saturated carbocycles. The first kappa shape index (κ1) is 24.5. The molecule has 3 aliphatic heterocycles. The molecule has 0 radical (unpaired) electrons. The molecule has 3 saturated heterocycles. The summed E-state index contributed by atoms with van der Waals surface area (Å²) in [4.78, 5) is 42.5. The van der Waals surface area contributed by atoms with Gasteiger partial charge in [0.1, 0.15) is 6.04 Å². The van der Waals surface area contributed by atoms with Crippen molar-refractivity contribution in [2.75, 3.05) is 18.5 Å². The number of para-hydroxylation sites is 1. The lowest BCUT2D eigenvalue weighted by Gasteiger charge is -2.36. The third kappa shape index (κ3) is 4.44. The van der Waals surface area contributed by atoms with E-state index in [1.54, 1.807) is 16.7 Å². The summed E-state index contributed by atoms with van der Waals surface area (Å²) in [6.07, 6.45) is 1.83. The second kappa shape index (κ2) is 9.23. The van der Waals surface area contributed by atoms with Crippen molar-refractivity contribution in [3.05, 3.63) is 30.3 Å². The van der Waals surface area contributed by atoms with Gasteiger partial charge in [0.15, 0.2) is 0 Å². The number of rotatable bonds is 7. The Kier molecular flexibility index (Phi) is 6.86. The fourth-order valence-electron chi connectivity index (χ4n) is 5.55. The molecule has 3 heterocycles. The number of carbonyl (C=O) groups excluding carboxylic acids is 3. The Labute approximate surface area is 207 Å². The molecule has 0 aromatic heterocycles. The number of thioether (sulfide) groups is 1. The van der Waals surface area contributed by atoms with Gasteiger partial charge in [0.05, 0.1) is 16.6 Å². The lowest BCUT2D eigenvalue weighted by molar-refractivity contribution is -0.139. The number of amides is 3. The summed E-state index contributed by atoms with van der Waals surface area (Å²) in [7, 11) is 0. The molecule has 7 nitrogen and oxygen atoms in total. The van der Waals surface area contributed by atoms with Crippen LogP contribution in [0.4, 0.5) is 5.69 Å². The van der Waals surface area contributed by atoms with Crippen LogP contribution in [-0.4, -0.2) is 67.3 Å². The van der Waals surface area contributed by atoms with Gasteiger partial charge in [-0.3, -0.25) is 14.4 Å². The van der Waals surface area contributed by atoms with Crippen LogP contribution >= 0.6 is 27.7 Å². The molecule has 3 amide bonds. The number of carbonyl (C=O) groups is 3. The normalized spacial score (nSPS) is 32.7. The van der Waals surface area contributed by atoms with Crippen LogP contribution in [0.2, 0.25) is 0 Å². The van der Waals surface area contributed by atoms with Crippen molar-refractivity contribution in [3.8, 4) is 0 Å². The van der Waals surface area contributed by atoms with E-state index < -0.39 is 28.2 Å². The molecule has 1 spiro atoms. The van der Waals surface area contributed by atoms with E-state index in [1.165, 1.54) is 0 Å². The Bertz CT molecular complexity index is 924. The number of unbranched alkanes of at least 4 members (excludes halogenated alkanes) is 1. The van der Waals surface area contributed by atoms with Gasteiger partial charge in [-0.25, -0.2) is 0 Å². The van der Waals surface area contributed by atoms with Gasteiger partial charge >= 0.3 is 0 Å². The number of hydrogen-bond donors (Lipinski definition) is 3. The van der Waals surface area contributed by atoms with Crippen LogP contribution in [0.3, 0.4) is 0 Å². The molecular weight excluding hydrogens is 506 g/mol. The van der Waals surface area contributed by atoms with E-state index in [9.17, 15) is 19.5 Å². The van der Waals surface area contributed by atoms with Crippen molar-refractivity contribution in [3.63, 3.8) is 0 Å². The van der Waals surface area contributed by atoms with Gasteiger partial charge in [-0.2, -0.15) is 0 Å². The van der Waals surface area contributed by atoms with E-state index in [-0.39, 0.29) is 34.4 Å². The van der Waals surface area contributed by atoms with E-state index in [0.29, 0.717) is 31.5 Å². The molecule has 6 atom stereocenters. The Morgan fingerprint density at radius 3 is 2.55 bits per heavy atom. The number of halogens is 1. The van der Waals surface area contributed by atoms with Crippen LogP contribution in [0.25, 0.3) is 0 Å². The van der Waals surface area contributed by atoms with Gasteiger partial charge in [-0.15, -0.1) is 11.8 Å². The molecule has 0 aliphatic carbocycles. The first-order chi connectivity index (χ1) is 15.6. The molecule has 180 valence electrons. The Balaban J connectivity index is 1.68. The van der Waals surface area contributed by atoms with Crippen molar-refractivity contribution < 1.29 is 19.5 Å². The molecule has 4 rings (SSSR count). The molecule has 1 aromatic rings. The average molecular weight is 539 g/mol. The molecule has 2 bridgehead atoms. The van der Waals surface area contributed by atoms with Gasteiger partial charge in [-0.05, 0) is 52.2 Å². The number of benzene rings is 1. The highest BCUT2D eigenvalue weighted by Gasteiger charge is 2.75. The van der Waals surface area contributed by atoms with E-state index in [1.807, 2.05) is 51.1 Å². The van der Waals surface area contributed by atoms with E-state index in [2.05, 4.69) is 26.6 Å². The predicted molar refractivity (Wildman–Crippen MR) is 133 cm³/mol. The van der Waals surface area contributed by atoms with Crippen LogP contribution in [0.5, 0.6) is 0 Å². The van der Waals surface area contributed by atoms with Crippen LogP contribution < -0.4 is 10.6 Å². The third-order valence-corrected chi connectivity index (χ3v) is 9.91. The number of anilines is 1. The summed E-state index contributed by atoms with van der Waals surface area (Å²) in [5, 5.41) is 15.2. The maximum absolute atomic E-state index is 13.8. The summed E-state index contributed by atoms with van der Waals surface area (Å²) < 4.78 is -0.650. The smallest absolute Gasteiger partial charge is 0.244 e. The number of aliphatic hydroxyl groups excluding tert-OH is 1. The first-order valence-corrected chi connectivity index (χ1v) is 13.3. The van der Waals surface area contributed by atoms with Gasteiger partial charge in [-0.1, -0.05) is 34.1 Å². The first-order valence-electron chi connectivity index (χ1n) is 11.5. The lowest BCUT2D eigenvalue weighted by atomic mass is 9.70. The molecule has 3 fully saturated rings. The lowest BCUT2D eigenvalue weighted by Crippen LogP contribution is -2.57. The Morgan fingerprint density at radius 1 is 1.21 bits per heavy atom. The van der Waals surface area contributed by atoms with Crippen molar-refractivity contribution in [2.45, 2.75) is 66.4 Å². The highest BCUT2D eigenvalue weighted by molar-refractivity contribution is 9.09. The molecule has 3 aliphatic rings. The minimum atomic E-state index is -0.650. The summed E-state index contributed by atoms with van der Waals surface area (Å²) >= 11 is 5.40. The average Bonchev–Trinajstić information content (AvgIpc) is 3.31. The van der Waals surface area contributed by atoms with Crippen molar-refractivity contribution >= 4 is 51.1 Å². The number of nitrogens with zero attached hydrogens (tertiary/aromatic N) is 1. The number of hydrogen-bond acceptors (Lipinski definition) is 5. The highest BCUT2D eigenvalue weighted by atomic mass is 79.9. The minimum absolute atomic E-state index is 0.0395. The standard InChI is InChI=1S/C24H32BrN3O4S/c1-23(2,3)27-21(31)19-24-13-15(25)18(33-24)16(20(30)26-14-9-5-4-6-10-14)17(24)22(32)28(19)11-7-8-12-29/h4-6,9-10,15-19,29H,7-8,11-13H2,1-3H3,(H,26,30)(H,27,31)/t15?,16-,17-,18-,19?,24?/m0/s1. The quantitative estimate of drug-likeness (QED) is 0.367. The Hall–Kier alpha value is -1.58. The van der Waals surface area contributed by atoms with Crippen molar-refractivity contribution in [1.29, 1.82) is 0 Å². The number of aliphatic hydroxyl groups is 1. The van der Waals surface area contributed by atoms with Crippen LogP contribution in [0.1, 0.15) is 40.0 Å². The zero-order valence-electron chi connectivity index (χ0n) is 19.2. The maximum atomic E-state index is 13.8. The topological polar surface area (TPSA) is 98.7 Å². The third-order valence-electron chi connectivity index (χ3n) is 6.69. The van der Waals surface area contributed by atoms with Gasteiger partial charge < -0.3 is 20.6 Å². The summed E-state index contributed by atoms with van der Waals surface area (Å²) in [5.74, 6) is -1.53. The number of nitrogens with one attached hydrogen (secondary N) is 2. The fraction of sp³-hybridized carbons (Fsp3) is 0.625. The van der Waals surface area contributed by atoms with E-state index >= 15 is 0 Å². The van der Waals surface area contributed by atoms with Crippen LogP contribution in [0.15, 0.2) is 30.3 Å². The fourth-order valence-corrected chi connectivity index (χ4v) is 9.16. The van der Waals surface area contributed by atoms with Crippen molar-refractivity contribution in [2.24, 2.45) is 11.8 Å². The van der Waals surface area contributed by atoms with Crippen molar-refractivity contribution in [1.82, 2.24) is 10.2 Å².